The summed E-state index contributed by atoms with van der Waals surface area (Å²) in [6, 6.07) is 19.4. The second-order valence-electron chi connectivity index (χ2n) is 11.7. The normalized spacial score (nSPS) is 20.0. The van der Waals surface area contributed by atoms with E-state index in [1.807, 2.05) is 20.8 Å². The summed E-state index contributed by atoms with van der Waals surface area (Å²) in [5.41, 5.74) is 11.5. The molecule has 0 aliphatic carbocycles. The molecule has 0 spiro atoms. The van der Waals surface area contributed by atoms with Crippen LogP contribution in [0.4, 0.5) is 0 Å². The molecule has 1 fully saturated rings. The Balaban J connectivity index is 1.69. The van der Waals surface area contributed by atoms with E-state index in [2.05, 4.69) is 10.0 Å². The van der Waals surface area contributed by atoms with Gasteiger partial charge in [0.05, 0.1) is 16.7 Å². The van der Waals surface area contributed by atoms with Crippen molar-refractivity contribution < 1.29 is 48.0 Å². The van der Waals surface area contributed by atoms with Crippen LogP contribution in [0.3, 0.4) is 0 Å². The number of ether oxygens (including phenoxy) is 5. The molecule has 1 aliphatic heterocycles. The highest BCUT2D eigenvalue weighted by Gasteiger charge is 2.55. The van der Waals surface area contributed by atoms with Crippen molar-refractivity contribution in [3.05, 3.63) is 117 Å². The van der Waals surface area contributed by atoms with Crippen molar-refractivity contribution >= 4 is 23.9 Å². The molecule has 3 aromatic rings. The first-order valence-corrected chi connectivity index (χ1v) is 15.9. The largest absolute Gasteiger partial charge is 0.479 e. The Kier molecular flexibility index (Phi) is 13.3. The van der Waals surface area contributed by atoms with E-state index in [4.69, 9.17) is 29.2 Å². The van der Waals surface area contributed by atoms with Crippen LogP contribution in [0.1, 0.15) is 73.4 Å². The number of unbranched alkanes of at least 4 members (excludes halogenated alkanes) is 3. The molecule has 258 valence electrons. The van der Waals surface area contributed by atoms with Gasteiger partial charge in [-0.3, -0.25) is 0 Å². The van der Waals surface area contributed by atoms with Gasteiger partial charge in [-0.1, -0.05) is 71.0 Å². The molecule has 0 bridgehead atoms. The zero-order chi connectivity index (χ0) is 35.3. The molecule has 0 amide bonds. The average Bonchev–Trinajstić information content (AvgIpc) is 3.08. The van der Waals surface area contributed by atoms with Crippen LogP contribution in [0, 0.1) is 20.8 Å². The number of carbonyl (C=O) groups is 4. The molecule has 3 aromatic carbocycles. The van der Waals surface area contributed by atoms with Crippen molar-refractivity contribution in [2.24, 2.45) is 5.11 Å². The highest BCUT2D eigenvalue weighted by atomic mass is 16.7. The van der Waals surface area contributed by atoms with E-state index in [-0.39, 0.29) is 23.3 Å². The summed E-state index contributed by atoms with van der Waals surface area (Å²) < 4.78 is 29.3. The molecule has 1 saturated heterocycles. The maximum atomic E-state index is 13.5. The average molecular weight is 674 g/mol. The molecule has 1 N–H and O–H groups in total. The van der Waals surface area contributed by atoms with Crippen LogP contribution in [-0.2, 0) is 28.5 Å². The van der Waals surface area contributed by atoms with Gasteiger partial charge in [0.2, 0.25) is 0 Å². The Bertz CT molecular complexity index is 1640. The zero-order valence-electron chi connectivity index (χ0n) is 27.5. The third-order valence-electron chi connectivity index (χ3n) is 7.83. The highest BCUT2D eigenvalue weighted by molar-refractivity contribution is 5.91. The Morgan fingerprint density at radius 3 is 1.55 bits per heavy atom. The van der Waals surface area contributed by atoms with Crippen molar-refractivity contribution in [1.29, 1.82) is 0 Å². The Hall–Kier alpha value is -5.23. The molecule has 49 heavy (non-hydrogen) atoms. The lowest BCUT2D eigenvalue weighted by Gasteiger charge is -2.43. The van der Waals surface area contributed by atoms with Gasteiger partial charge in [0.25, 0.3) is 0 Å². The number of carboxylic acid groups (broad SMARTS) is 1. The molecule has 0 saturated carbocycles. The van der Waals surface area contributed by atoms with Gasteiger partial charge in [-0.25, -0.2) is 19.2 Å². The summed E-state index contributed by atoms with van der Waals surface area (Å²) in [5, 5.41) is 13.8. The molecule has 1 aliphatic rings. The number of aryl methyl sites for hydroxylation is 3. The van der Waals surface area contributed by atoms with E-state index in [9.17, 15) is 24.3 Å². The maximum absolute atomic E-state index is 13.5. The molecule has 4 rings (SSSR count). The van der Waals surface area contributed by atoms with Gasteiger partial charge in [-0.05, 0) is 75.5 Å². The molecule has 0 radical (unpaired) electrons. The van der Waals surface area contributed by atoms with Gasteiger partial charge >= 0.3 is 23.9 Å². The number of rotatable bonds is 15. The summed E-state index contributed by atoms with van der Waals surface area (Å²) in [6.07, 6.45) is -5.76. The number of carboxylic acids is 1. The Labute approximate surface area is 283 Å². The number of aliphatic carboxylic acids is 1. The first kappa shape index (κ1) is 36.6. The van der Waals surface area contributed by atoms with Gasteiger partial charge in [-0.15, -0.1) is 0 Å². The summed E-state index contributed by atoms with van der Waals surface area (Å²) in [5.74, 6) is -4.12. The quantitative estimate of drug-likeness (QED) is 0.0481. The van der Waals surface area contributed by atoms with E-state index in [0.717, 1.165) is 23.1 Å². The molecule has 5 atom stereocenters. The summed E-state index contributed by atoms with van der Waals surface area (Å²) in [4.78, 5) is 55.7. The third-order valence-corrected chi connectivity index (χ3v) is 7.83. The molecular weight excluding hydrogens is 634 g/mol. The Morgan fingerprint density at radius 2 is 1.10 bits per heavy atom. The SMILES string of the molecule is Cc1ccc(C(=O)O[C@@H]2[C@@H](OC(=O)c3ccc(C)cc3)[C@H](OCCCCCCN=[N+]=[N-])O[C@H](C(=O)O)[C@H]2OC(=O)c2ccc(C)cc2)cc1. The van der Waals surface area contributed by atoms with Crippen molar-refractivity contribution in [3.8, 4) is 0 Å². The van der Waals surface area contributed by atoms with Gasteiger partial charge in [0.15, 0.2) is 30.7 Å². The lowest BCUT2D eigenvalue weighted by Crippen LogP contribution is -2.64. The first-order chi connectivity index (χ1) is 23.6. The second-order valence-corrected chi connectivity index (χ2v) is 11.7. The highest BCUT2D eigenvalue weighted by Crippen LogP contribution is 2.32. The van der Waals surface area contributed by atoms with Crippen molar-refractivity contribution in [3.63, 3.8) is 0 Å². The minimum atomic E-state index is -1.87. The monoisotopic (exact) mass is 673 g/mol. The molecule has 0 unspecified atom stereocenters. The minimum absolute atomic E-state index is 0.0591. The molecule has 0 aromatic heterocycles. The summed E-state index contributed by atoms with van der Waals surface area (Å²) >= 11 is 0. The van der Waals surface area contributed by atoms with Crippen LogP contribution in [0.5, 0.6) is 0 Å². The fraction of sp³-hybridized carbons (Fsp3) is 0.389. The maximum Gasteiger partial charge on any atom is 0.338 e. The van der Waals surface area contributed by atoms with Crippen LogP contribution in [0.2, 0.25) is 0 Å². The van der Waals surface area contributed by atoms with Crippen molar-refractivity contribution in [1.82, 2.24) is 0 Å². The fourth-order valence-corrected chi connectivity index (χ4v) is 5.06. The molecule has 13 nitrogen and oxygen atoms in total. The summed E-state index contributed by atoms with van der Waals surface area (Å²) in [7, 11) is 0. The fourth-order valence-electron chi connectivity index (χ4n) is 5.06. The van der Waals surface area contributed by atoms with Gasteiger partial charge in [0, 0.05) is 18.1 Å². The molecule has 1 heterocycles. The van der Waals surface area contributed by atoms with E-state index in [1.165, 1.54) is 24.3 Å². The van der Waals surface area contributed by atoms with Gasteiger partial charge in [-0.2, -0.15) is 0 Å². The van der Waals surface area contributed by atoms with Crippen LogP contribution in [-0.4, -0.2) is 72.8 Å². The topological polar surface area (TPSA) is 183 Å². The number of esters is 3. The summed E-state index contributed by atoms with van der Waals surface area (Å²) in [6.45, 7) is 5.95. The zero-order valence-corrected chi connectivity index (χ0v) is 27.5. The number of benzene rings is 3. The predicted octanol–water partition coefficient (Wildman–Crippen LogP) is 6.29. The van der Waals surface area contributed by atoms with Crippen molar-refractivity contribution in [2.45, 2.75) is 77.2 Å². The minimum Gasteiger partial charge on any atom is -0.479 e. The standard InChI is InChI=1S/C36H39N3O10/c1-22-8-14-25(15-9-22)33(42)46-28-29(47-34(43)26-16-10-23(2)11-17-26)31(48-35(44)27-18-12-24(3)13-19-27)36(49-30(28)32(40)41)45-21-7-5-4-6-20-38-39-37/h8-19,28-31,36H,4-7,20-21H2,1-3H3,(H,40,41)/t28-,29-,30-,31+,36+/m0/s1. The van der Waals surface area contributed by atoms with E-state index in [1.54, 1.807) is 48.5 Å². The van der Waals surface area contributed by atoms with Crippen LogP contribution in [0.25, 0.3) is 10.4 Å². The molecular formula is C36H39N3O10. The van der Waals surface area contributed by atoms with Gasteiger partial charge < -0.3 is 28.8 Å². The number of hydrogen-bond donors (Lipinski definition) is 1. The van der Waals surface area contributed by atoms with Crippen molar-refractivity contribution in [2.75, 3.05) is 13.2 Å². The Morgan fingerprint density at radius 1 is 0.673 bits per heavy atom. The van der Waals surface area contributed by atoms with Crippen LogP contribution >= 0.6 is 0 Å². The first-order valence-electron chi connectivity index (χ1n) is 15.9. The van der Waals surface area contributed by atoms with E-state index >= 15 is 0 Å². The molecule has 13 heteroatoms. The van der Waals surface area contributed by atoms with E-state index < -0.39 is 54.6 Å². The second kappa shape index (κ2) is 17.8. The lowest BCUT2D eigenvalue weighted by molar-refractivity contribution is -0.292. The lowest BCUT2D eigenvalue weighted by atomic mass is 9.97. The van der Waals surface area contributed by atoms with Crippen LogP contribution < -0.4 is 0 Å². The predicted molar refractivity (Wildman–Crippen MR) is 176 cm³/mol. The third kappa shape index (κ3) is 10.4. The number of nitrogens with zero attached hydrogens (tertiary/aromatic N) is 3. The van der Waals surface area contributed by atoms with Crippen LogP contribution in [0.15, 0.2) is 77.9 Å². The number of carbonyl (C=O) groups excluding carboxylic acids is 3. The van der Waals surface area contributed by atoms with Gasteiger partial charge in [0.1, 0.15) is 0 Å². The number of azide groups is 1. The van der Waals surface area contributed by atoms with E-state index in [0.29, 0.717) is 25.8 Å². The smallest absolute Gasteiger partial charge is 0.338 e. The number of hydrogen-bond acceptors (Lipinski definition) is 10.